The number of aromatic nitrogens is 3. The minimum Gasteiger partial charge on any atom is -1.00 e. The smallest absolute Gasteiger partial charge is 0.243 e. The summed E-state index contributed by atoms with van der Waals surface area (Å²) in [5.74, 6) is 0. The first-order chi connectivity index (χ1) is 16.4. The first-order valence-electron chi connectivity index (χ1n) is 12.8. The second-order valence-corrected chi connectivity index (χ2v) is 16.0. The van der Waals surface area contributed by atoms with Crippen LogP contribution in [0.2, 0.25) is 25.7 Å². The number of halogens is 2. The maximum atomic E-state index is 4.63. The highest BCUT2D eigenvalue weighted by molar-refractivity contribution is 6.76. The molecule has 8 heteroatoms. The maximum Gasteiger partial charge on any atom is 0.243 e. The van der Waals surface area contributed by atoms with Crippen molar-refractivity contribution in [3.8, 4) is 0 Å². The van der Waals surface area contributed by atoms with E-state index in [1.54, 1.807) is 0 Å². The fourth-order valence-electron chi connectivity index (χ4n) is 4.09. The summed E-state index contributed by atoms with van der Waals surface area (Å²) in [6, 6.07) is 17.9. The molecule has 5 nitrogen and oxygen atoms in total. The van der Waals surface area contributed by atoms with E-state index in [-0.39, 0.29) is 24.8 Å². The Labute approximate surface area is 231 Å². The summed E-state index contributed by atoms with van der Waals surface area (Å²) in [5, 5.41) is 6.54. The van der Waals surface area contributed by atoms with Gasteiger partial charge in [0.05, 0.1) is 18.8 Å². The topological polar surface area (TPSA) is 28.3 Å². The third kappa shape index (κ3) is 11.7. The highest BCUT2D eigenvalue weighted by atomic mass is 35.5. The zero-order valence-electron chi connectivity index (χ0n) is 22.4. The van der Waals surface area contributed by atoms with E-state index in [9.17, 15) is 0 Å². The molecule has 2 heterocycles. The van der Waals surface area contributed by atoms with Crippen molar-refractivity contribution in [2.75, 3.05) is 12.1 Å². The van der Waals surface area contributed by atoms with Crippen LogP contribution in [0, 0.1) is 0 Å². The Hall–Kier alpha value is -2.15. The molecule has 0 amide bonds. The summed E-state index contributed by atoms with van der Waals surface area (Å²) in [6.07, 6.45) is 17.1. The molecule has 0 N–H and O–H groups in total. The number of imidazole rings is 1. The van der Waals surface area contributed by atoms with Crippen molar-refractivity contribution < 1.29 is 33.9 Å². The molecule has 2 aromatic heterocycles. The Kier molecular flexibility index (Phi) is 14.7. The number of para-hydroxylation sites is 1. The van der Waals surface area contributed by atoms with Crippen LogP contribution in [0.4, 0.5) is 5.69 Å². The van der Waals surface area contributed by atoms with Crippen LogP contribution >= 0.6 is 0 Å². The number of unbranched alkanes of at least 4 members (excludes halogenated alkanes) is 3. The Balaban J connectivity index is 0.00000324. The molecule has 0 aliphatic heterocycles. The monoisotopic (exact) mass is 547 g/mol. The lowest BCUT2D eigenvalue weighted by Crippen LogP contribution is -3.00. The average Bonchev–Trinajstić information content (AvgIpc) is 3.27. The molecule has 0 saturated carbocycles. The lowest BCUT2D eigenvalue weighted by Gasteiger charge is -2.13. The zero-order valence-corrected chi connectivity index (χ0v) is 24.9. The molecule has 0 aliphatic rings. The largest absolute Gasteiger partial charge is 1.00 e. The molecule has 0 aliphatic carbocycles. The number of pyridine rings is 1. The van der Waals surface area contributed by atoms with Crippen molar-refractivity contribution in [3.63, 3.8) is 0 Å². The van der Waals surface area contributed by atoms with E-state index in [0.717, 1.165) is 31.0 Å². The van der Waals surface area contributed by atoms with Gasteiger partial charge in [0.15, 0.2) is 6.20 Å². The number of anilines is 1. The number of aryl methyl sites for hydroxylation is 3. The standard InChI is InChI=1S/C28H43N5Si.2ClH/c1-30(27-15-8-7-9-16-27)29-25-28-17-10-13-21-33(28)20-12-6-5-11-18-31-22-23-32(26-31)19-14-24-34(2,3)4;;/h7-10,13,15-17,21-23,25-26H,5-6,11-12,14,18-20,24H2,1-4H3;2*1H/q+2;;/p-2. The van der Waals surface area contributed by atoms with Crippen LogP contribution < -0.4 is 39.0 Å². The van der Waals surface area contributed by atoms with Crippen molar-refractivity contribution in [2.24, 2.45) is 5.10 Å². The van der Waals surface area contributed by atoms with Crippen LogP contribution in [0.3, 0.4) is 0 Å². The molecule has 0 atom stereocenters. The molecule has 0 fully saturated rings. The Bertz CT molecular complexity index is 1020. The Morgan fingerprint density at radius 3 is 2.33 bits per heavy atom. The highest BCUT2D eigenvalue weighted by Crippen LogP contribution is 2.11. The summed E-state index contributed by atoms with van der Waals surface area (Å²) < 4.78 is 7.00. The van der Waals surface area contributed by atoms with E-state index in [1.165, 1.54) is 38.1 Å². The lowest BCUT2D eigenvalue weighted by molar-refractivity contribution is -0.698. The molecule has 3 rings (SSSR count). The van der Waals surface area contributed by atoms with Crippen molar-refractivity contribution in [3.05, 3.63) is 79.1 Å². The summed E-state index contributed by atoms with van der Waals surface area (Å²) in [4.78, 5) is 0. The van der Waals surface area contributed by atoms with E-state index < -0.39 is 8.07 Å². The van der Waals surface area contributed by atoms with Crippen molar-refractivity contribution in [1.29, 1.82) is 0 Å². The van der Waals surface area contributed by atoms with Gasteiger partial charge in [-0.15, -0.1) is 0 Å². The molecule has 36 heavy (non-hydrogen) atoms. The molecule has 198 valence electrons. The van der Waals surface area contributed by atoms with Crippen LogP contribution in [0.5, 0.6) is 0 Å². The third-order valence-electron chi connectivity index (χ3n) is 6.12. The summed E-state index contributed by atoms with van der Waals surface area (Å²) in [5.41, 5.74) is 2.22. The van der Waals surface area contributed by atoms with Crippen LogP contribution in [0.1, 0.15) is 37.8 Å². The molecule has 0 radical (unpaired) electrons. The normalized spacial score (nSPS) is 11.2. The molecule has 0 spiro atoms. The fraction of sp³-hybridized carbons (Fsp3) is 0.464. The summed E-state index contributed by atoms with van der Waals surface area (Å²) in [6.45, 7) is 10.7. The van der Waals surface area contributed by atoms with E-state index in [1.807, 2.05) is 36.5 Å². The molecule has 1 aromatic carbocycles. The number of rotatable bonds is 14. The minimum atomic E-state index is -0.922. The van der Waals surface area contributed by atoms with E-state index in [2.05, 4.69) is 93.7 Å². The van der Waals surface area contributed by atoms with E-state index >= 15 is 0 Å². The van der Waals surface area contributed by atoms with Crippen molar-refractivity contribution in [1.82, 2.24) is 4.57 Å². The Morgan fingerprint density at radius 2 is 1.58 bits per heavy atom. The molecular formula is C28H43Cl2N5Si. The number of hydrogen-bond donors (Lipinski definition) is 0. The SMILES string of the molecule is CN(/N=C/c1cccc[n+]1CCCCCCn1cc[n+](CCC[Si](C)(C)C)c1)c1ccccc1.[Cl-].[Cl-]. The van der Waals surface area contributed by atoms with Gasteiger partial charge in [-0.3, -0.25) is 5.01 Å². The predicted octanol–water partition coefficient (Wildman–Crippen LogP) is -0.470. The first-order valence-corrected chi connectivity index (χ1v) is 16.5. The van der Waals surface area contributed by atoms with Gasteiger partial charge < -0.3 is 24.8 Å². The lowest BCUT2D eigenvalue weighted by atomic mass is 10.2. The predicted molar refractivity (Wildman–Crippen MR) is 145 cm³/mol. The quantitative estimate of drug-likeness (QED) is 0.0881. The number of hydrazone groups is 1. The second-order valence-electron chi connectivity index (χ2n) is 10.4. The van der Waals surface area contributed by atoms with Crippen molar-refractivity contribution in [2.45, 2.75) is 77.4 Å². The van der Waals surface area contributed by atoms with Gasteiger partial charge in [-0.05, 0) is 43.9 Å². The molecule has 3 aromatic rings. The fourth-order valence-corrected chi connectivity index (χ4v) is 5.31. The minimum absolute atomic E-state index is 0. The number of benzene rings is 1. The van der Waals surface area contributed by atoms with Gasteiger partial charge in [0.1, 0.15) is 25.2 Å². The summed E-state index contributed by atoms with van der Waals surface area (Å²) in [7, 11) is 1.06. The third-order valence-corrected chi connectivity index (χ3v) is 7.98. The number of hydrogen-bond acceptors (Lipinski definition) is 2. The average molecular weight is 549 g/mol. The van der Waals surface area contributed by atoms with Crippen LogP contribution in [-0.4, -0.2) is 25.9 Å². The number of nitrogens with zero attached hydrogens (tertiary/aromatic N) is 5. The Morgan fingerprint density at radius 1 is 0.861 bits per heavy atom. The van der Waals surface area contributed by atoms with Crippen LogP contribution in [0.25, 0.3) is 0 Å². The summed E-state index contributed by atoms with van der Waals surface area (Å²) >= 11 is 0. The molecule has 0 bridgehead atoms. The van der Waals surface area contributed by atoms with Crippen LogP contribution in [-0.2, 0) is 19.6 Å². The van der Waals surface area contributed by atoms with Crippen molar-refractivity contribution >= 4 is 20.0 Å². The van der Waals surface area contributed by atoms with E-state index in [0.29, 0.717) is 0 Å². The van der Waals surface area contributed by atoms with Gasteiger partial charge in [0.25, 0.3) is 0 Å². The second kappa shape index (κ2) is 16.6. The van der Waals surface area contributed by atoms with Gasteiger partial charge in [0.2, 0.25) is 12.0 Å². The van der Waals surface area contributed by atoms with Gasteiger partial charge in [-0.2, -0.15) is 9.67 Å². The maximum absolute atomic E-state index is 4.63. The molecule has 0 saturated heterocycles. The molecule has 0 unspecified atom stereocenters. The van der Waals surface area contributed by atoms with Crippen LogP contribution in [0.15, 0.2) is 78.6 Å². The van der Waals surface area contributed by atoms with Gasteiger partial charge >= 0.3 is 0 Å². The zero-order chi connectivity index (χ0) is 24.2. The van der Waals surface area contributed by atoms with Gasteiger partial charge in [0, 0.05) is 33.7 Å². The van der Waals surface area contributed by atoms with E-state index in [4.69, 9.17) is 0 Å². The molecular weight excluding hydrogens is 505 g/mol. The first kappa shape index (κ1) is 31.9. The van der Waals surface area contributed by atoms with Gasteiger partial charge in [-0.25, -0.2) is 9.13 Å². The highest BCUT2D eigenvalue weighted by Gasteiger charge is 2.13. The van der Waals surface area contributed by atoms with Gasteiger partial charge in [-0.1, -0.05) is 43.9 Å².